The second-order valence-electron chi connectivity index (χ2n) is 3.60. The Morgan fingerprint density at radius 3 is 2.40 bits per heavy atom. The Kier molecular flexibility index (Phi) is 4.09. The van der Waals surface area contributed by atoms with E-state index in [1.807, 2.05) is 6.92 Å². The molecule has 1 unspecified atom stereocenters. The summed E-state index contributed by atoms with van der Waals surface area (Å²) >= 11 is 0. The predicted molar refractivity (Wildman–Crippen MR) is 59.4 cm³/mol. The first-order valence-corrected chi connectivity index (χ1v) is 5.32. The molecule has 0 aliphatic heterocycles. The lowest BCUT2D eigenvalue weighted by Gasteiger charge is -2.26. The molecule has 0 aliphatic carbocycles. The fourth-order valence-electron chi connectivity index (χ4n) is 1.82. The summed E-state index contributed by atoms with van der Waals surface area (Å²) in [5.74, 6) is -0.364. The smallest absolute Gasteiger partial charge is 0.131 e. The quantitative estimate of drug-likeness (QED) is 0.827. The molecular weight excluding hydrogens is 193 g/mol. The van der Waals surface area contributed by atoms with E-state index < -0.39 is 0 Å². The molecule has 1 aromatic rings. The summed E-state index contributed by atoms with van der Waals surface area (Å²) in [4.78, 5) is 2.16. The van der Waals surface area contributed by atoms with Gasteiger partial charge in [0.05, 0.1) is 0 Å². The summed E-state index contributed by atoms with van der Waals surface area (Å²) in [5, 5.41) is 9.12. The van der Waals surface area contributed by atoms with Crippen molar-refractivity contribution in [1.82, 2.24) is 4.90 Å². The molecule has 0 radical (unpaired) electrons. The van der Waals surface area contributed by atoms with Crippen molar-refractivity contribution in [3.05, 3.63) is 29.6 Å². The lowest BCUT2D eigenvalue weighted by atomic mass is 10.1. The van der Waals surface area contributed by atoms with E-state index >= 15 is 0 Å². The number of hydrogen-bond acceptors (Lipinski definition) is 2. The maximum Gasteiger partial charge on any atom is 0.131 e. The monoisotopic (exact) mass is 211 g/mol. The number of halogens is 1. The van der Waals surface area contributed by atoms with Crippen LogP contribution in [0.1, 0.15) is 32.4 Å². The molecule has 3 heteroatoms. The number of nitrogens with zero attached hydrogens (tertiary/aromatic N) is 1. The van der Waals surface area contributed by atoms with Crippen LogP contribution in [0.3, 0.4) is 0 Å². The highest BCUT2D eigenvalue weighted by Crippen LogP contribution is 2.25. The van der Waals surface area contributed by atoms with E-state index in [1.54, 1.807) is 6.07 Å². The minimum absolute atomic E-state index is 0.0250. The predicted octanol–water partition coefficient (Wildman–Crippen LogP) is 2.93. The molecule has 0 bridgehead atoms. The molecule has 0 amide bonds. The van der Waals surface area contributed by atoms with Crippen molar-refractivity contribution in [3.63, 3.8) is 0 Å². The van der Waals surface area contributed by atoms with E-state index in [-0.39, 0.29) is 17.6 Å². The van der Waals surface area contributed by atoms with Crippen LogP contribution >= 0.6 is 0 Å². The normalized spacial score (nSPS) is 13.1. The van der Waals surface area contributed by atoms with Crippen LogP contribution in [0.25, 0.3) is 0 Å². The molecule has 1 rings (SSSR count). The van der Waals surface area contributed by atoms with Crippen LogP contribution in [0.5, 0.6) is 5.75 Å². The number of phenols is 1. The zero-order valence-electron chi connectivity index (χ0n) is 9.50. The SMILES string of the molecule is CCN(CC)C(C)c1ccc(O)cc1F. The molecule has 2 nitrogen and oxygen atoms in total. The highest BCUT2D eigenvalue weighted by molar-refractivity contribution is 5.29. The molecule has 0 saturated heterocycles. The second kappa shape index (κ2) is 5.12. The number of phenolic OH excluding ortho intramolecular Hbond substituents is 1. The van der Waals surface area contributed by atoms with Gasteiger partial charge < -0.3 is 5.11 Å². The van der Waals surface area contributed by atoms with Gasteiger partial charge in [-0.25, -0.2) is 4.39 Å². The molecule has 1 atom stereocenters. The van der Waals surface area contributed by atoms with Gasteiger partial charge in [0.1, 0.15) is 11.6 Å². The molecule has 15 heavy (non-hydrogen) atoms. The van der Waals surface area contributed by atoms with Gasteiger partial charge >= 0.3 is 0 Å². The molecule has 0 saturated carbocycles. The van der Waals surface area contributed by atoms with E-state index in [0.29, 0.717) is 5.56 Å². The molecule has 0 aliphatic rings. The Labute approximate surface area is 90.3 Å². The van der Waals surface area contributed by atoms with Crippen LogP contribution in [-0.2, 0) is 0 Å². The van der Waals surface area contributed by atoms with Crippen LogP contribution in [0.2, 0.25) is 0 Å². The Hall–Kier alpha value is -1.09. The molecule has 0 aromatic heterocycles. The summed E-state index contributed by atoms with van der Waals surface area (Å²) < 4.78 is 13.5. The first-order chi connectivity index (χ1) is 7.10. The van der Waals surface area contributed by atoms with E-state index in [2.05, 4.69) is 18.7 Å². The number of benzene rings is 1. The standard InChI is InChI=1S/C12H18FNO/c1-4-14(5-2)9(3)11-7-6-10(15)8-12(11)13/h6-9,15H,4-5H2,1-3H3. The van der Waals surface area contributed by atoms with Crippen molar-refractivity contribution in [2.45, 2.75) is 26.8 Å². The minimum atomic E-state index is -0.339. The topological polar surface area (TPSA) is 23.5 Å². The van der Waals surface area contributed by atoms with Crippen molar-refractivity contribution in [2.75, 3.05) is 13.1 Å². The average molecular weight is 211 g/mol. The van der Waals surface area contributed by atoms with Crippen LogP contribution in [0, 0.1) is 5.82 Å². The highest BCUT2D eigenvalue weighted by atomic mass is 19.1. The average Bonchev–Trinajstić information content (AvgIpc) is 2.19. The van der Waals surface area contributed by atoms with Gasteiger partial charge in [-0.3, -0.25) is 4.90 Å². The summed E-state index contributed by atoms with van der Waals surface area (Å²) in [6.45, 7) is 7.86. The van der Waals surface area contributed by atoms with E-state index in [4.69, 9.17) is 5.11 Å². The lowest BCUT2D eigenvalue weighted by molar-refractivity contribution is 0.229. The Balaban J connectivity index is 2.94. The first kappa shape index (κ1) is 12.0. The van der Waals surface area contributed by atoms with Crippen LogP contribution < -0.4 is 0 Å². The van der Waals surface area contributed by atoms with E-state index in [9.17, 15) is 4.39 Å². The van der Waals surface area contributed by atoms with E-state index in [1.165, 1.54) is 6.07 Å². The van der Waals surface area contributed by atoms with E-state index in [0.717, 1.165) is 19.2 Å². The fourth-order valence-corrected chi connectivity index (χ4v) is 1.82. The van der Waals surface area contributed by atoms with Crippen LogP contribution in [-0.4, -0.2) is 23.1 Å². The molecule has 1 N–H and O–H groups in total. The Morgan fingerprint density at radius 2 is 1.93 bits per heavy atom. The van der Waals surface area contributed by atoms with Crippen molar-refractivity contribution in [1.29, 1.82) is 0 Å². The van der Waals surface area contributed by atoms with Gasteiger partial charge in [-0.15, -0.1) is 0 Å². The van der Waals surface area contributed by atoms with Gasteiger partial charge in [-0.1, -0.05) is 19.9 Å². The van der Waals surface area contributed by atoms with Crippen LogP contribution in [0.15, 0.2) is 18.2 Å². The van der Waals surface area contributed by atoms with Gasteiger partial charge in [0.2, 0.25) is 0 Å². The maximum absolute atomic E-state index is 13.5. The largest absolute Gasteiger partial charge is 0.508 e. The minimum Gasteiger partial charge on any atom is -0.508 e. The molecule has 1 aromatic carbocycles. The third-order valence-corrected chi connectivity index (χ3v) is 2.79. The number of aromatic hydroxyl groups is 1. The third-order valence-electron chi connectivity index (χ3n) is 2.79. The summed E-state index contributed by atoms with van der Waals surface area (Å²) in [7, 11) is 0. The number of hydrogen-bond donors (Lipinski definition) is 1. The lowest BCUT2D eigenvalue weighted by Crippen LogP contribution is -2.27. The van der Waals surface area contributed by atoms with Gasteiger partial charge in [-0.05, 0) is 26.1 Å². The van der Waals surface area contributed by atoms with Crippen molar-refractivity contribution < 1.29 is 9.50 Å². The Bertz CT molecular complexity index is 323. The Morgan fingerprint density at radius 1 is 1.33 bits per heavy atom. The molecule has 0 fully saturated rings. The zero-order valence-corrected chi connectivity index (χ0v) is 9.50. The van der Waals surface area contributed by atoms with Crippen molar-refractivity contribution >= 4 is 0 Å². The van der Waals surface area contributed by atoms with Gasteiger partial charge in [0.25, 0.3) is 0 Å². The van der Waals surface area contributed by atoms with Gasteiger partial charge in [0.15, 0.2) is 0 Å². The van der Waals surface area contributed by atoms with Gasteiger partial charge in [0, 0.05) is 17.7 Å². The fraction of sp³-hybridized carbons (Fsp3) is 0.500. The molecule has 84 valence electrons. The highest BCUT2D eigenvalue weighted by Gasteiger charge is 2.16. The molecule has 0 heterocycles. The third kappa shape index (κ3) is 2.69. The summed E-state index contributed by atoms with van der Waals surface area (Å²) in [5.41, 5.74) is 0.636. The molecule has 0 spiro atoms. The maximum atomic E-state index is 13.5. The van der Waals surface area contributed by atoms with Crippen molar-refractivity contribution in [2.24, 2.45) is 0 Å². The van der Waals surface area contributed by atoms with Crippen molar-refractivity contribution in [3.8, 4) is 5.75 Å². The van der Waals surface area contributed by atoms with Gasteiger partial charge in [-0.2, -0.15) is 0 Å². The zero-order chi connectivity index (χ0) is 11.4. The summed E-state index contributed by atoms with van der Waals surface area (Å²) in [6, 6.07) is 4.38. The molecular formula is C12H18FNO. The van der Waals surface area contributed by atoms with Crippen LogP contribution in [0.4, 0.5) is 4.39 Å². The first-order valence-electron chi connectivity index (χ1n) is 5.32. The second-order valence-corrected chi connectivity index (χ2v) is 3.60. The number of rotatable bonds is 4. The summed E-state index contributed by atoms with van der Waals surface area (Å²) in [6.07, 6.45) is 0.